The Bertz CT molecular complexity index is 640. The fourth-order valence-electron chi connectivity index (χ4n) is 1.96. The Morgan fingerprint density at radius 2 is 1.95 bits per heavy atom. The van der Waals surface area contributed by atoms with Gasteiger partial charge in [-0.15, -0.1) is 0 Å². The molecule has 2 rings (SSSR count). The summed E-state index contributed by atoms with van der Waals surface area (Å²) in [6, 6.07) is 12.3. The molecular weight excluding hydrogens is 270 g/mol. The first-order valence-corrected chi connectivity index (χ1v) is 6.42. The molecule has 110 valence electrons. The fraction of sp³-hybridized carbons (Fsp3) is 0.188. The second kappa shape index (κ2) is 6.65. The molecule has 0 bridgehead atoms. The average Bonchev–Trinajstić information content (AvgIpc) is 2.53. The molecule has 0 aromatic heterocycles. The largest absolute Gasteiger partial charge is 0.497 e. The van der Waals surface area contributed by atoms with E-state index in [1.165, 1.54) is 0 Å². The molecule has 0 heterocycles. The van der Waals surface area contributed by atoms with Gasteiger partial charge in [0.2, 0.25) is 0 Å². The molecule has 0 radical (unpaired) electrons. The van der Waals surface area contributed by atoms with Gasteiger partial charge in [0.15, 0.2) is 0 Å². The average molecular weight is 287 g/mol. The second-order valence-electron chi connectivity index (χ2n) is 4.43. The van der Waals surface area contributed by atoms with Crippen molar-refractivity contribution in [3.8, 4) is 11.5 Å². The summed E-state index contributed by atoms with van der Waals surface area (Å²) >= 11 is 0. The number of hydrogen-bond donors (Lipinski definition) is 2. The third kappa shape index (κ3) is 3.66. The van der Waals surface area contributed by atoms with Crippen molar-refractivity contribution in [3.05, 3.63) is 53.6 Å². The number of rotatable bonds is 6. The number of benzene rings is 2. The summed E-state index contributed by atoms with van der Waals surface area (Å²) < 4.78 is 10.4. The lowest BCUT2D eigenvalue weighted by Gasteiger charge is -2.12. The van der Waals surface area contributed by atoms with Crippen molar-refractivity contribution in [2.24, 2.45) is 0 Å². The Morgan fingerprint density at radius 3 is 2.62 bits per heavy atom. The van der Waals surface area contributed by atoms with E-state index in [2.05, 4.69) is 5.32 Å². The molecule has 0 saturated heterocycles. The SMILES string of the molecule is COc1ccc(NCc2cccc(C(=O)O)c2)c(OC)c1. The first-order valence-electron chi connectivity index (χ1n) is 6.42. The Kier molecular flexibility index (Phi) is 4.66. The molecule has 2 N–H and O–H groups in total. The Hall–Kier alpha value is -2.69. The molecule has 21 heavy (non-hydrogen) atoms. The molecule has 5 heteroatoms. The van der Waals surface area contributed by atoms with E-state index in [4.69, 9.17) is 14.6 Å². The van der Waals surface area contributed by atoms with E-state index in [0.29, 0.717) is 18.0 Å². The summed E-state index contributed by atoms with van der Waals surface area (Å²) in [6.07, 6.45) is 0. The zero-order valence-corrected chi connectivity index (χ0v) is 11.9. The molecule has 2 aromatic carbocycles. The van der Waals surface area contributed by atoms with Gasteiger partial charge in [-0.05, 0) is 29.8 Å². The third-order valence-corrected chi connectivity index (χ3v) is 3.07. The Labute approximate surface area is 123 Å². The second-order valence-corrected chi connectivity index (χ2v) is 4.43. The number of methoxy groups -OCH3 is 2. The van der Waals surface area contributed by atoms with Crippen LogP contribution < -0.4 is 14.8 Å². The summed E-state index contributed by atoms with van der Waals surface area (Å²) in [5, 5.41) is 12.2. The van der Waals surface area contributed by atoms with E-state index in [0.717, 1.165) is 11.3 Å². The van der Waals surface area contributed by atoms with E-state index >= 15 is 0 Å². The van der Waals surface area contributed by atoms with Crippen LogP contribution >= 0.6 is 0 Å². The van der Waals surface area contributed by atoms with Crippen molar-refractivity contribution >= 4 is 11.7 Å². The molecular formula is C16H17NO4. The summed E-state index contributed by atoms with van der Waals surface area (Å²) in [4.78, 5) is 10.9. The van der Waals surface area contributed by atoms with E-state index in [9.17, 15) is 4.79 Å². The molecule has 2 aromatic rings. The molecule has 5 nitrogen and oxygen atoms in total. The molecule has 0 amide bonds. The van der Waals surface area contributed by atoms with Crippen LogP contribution in [0, 0.1) is 0 Å². The number of carboxylic acids is 1. The minimum Gasteiger partial charge on any atom is -0.497 e. The number of carboxylic acid groups (broad SMARTS) is 1. The van der Waals surface area contributed by atoms with Crippen LogP contribution in [-0.4, -0.2) is 25.3 Å². The monoisotopic (exact) mass is 287 g/mol. The highest BCUT2D eigenvalue weighted by molar-refractivity contribution is 5.87. The van der Waals surface area contributed by atoms with Crippen molar-refractivity contribution in [1.82, 2.24) is 0 Å². The molecule has 0 spiro atoms. The van der Waals surface area contributed by atoms with Gasteiger partial charge in [-0.1, -0.05) is 12.1 Å². The summed E-state index contributed by atoms with van der Waals surface area (Å²) in [5.74, 6) is 0.452. The summed E-state index contributed by atoms with van der Waals surface area (Å²) in [6.45, 7) is 0.504. The highest BCUT2D eigenvalue weighted by Crippen LogP contribution is 2.29. The van der Waals surface area contributed by atoms with Crippen molar-refractivity contribution in [2.45, 2.75) is 6.54 Å². The van der Waals surface area contributed by atoms with Gasteiger partial charge in [0.25, 0.3) is 0 Å². The number of ether oxygens (including phenoxy) is 2. The highest BCUT2D eigenvalue weighted by atomic mass is 16.5. The van der Waals surface area contributed by atoms with Gasteiger partial charge in [-0.2, -0.15) is 0 Å². The first-order chi connectivity index (χ1) is 10.1. The zero-order chi connectivity index (χ0) is 15.2. The lowest BCUT2D eigenvalue weighted by molar-refractivity contribution is 0.0697. The van der Waals surface area contributed by atoms with Gasteiger partial charge in [-0.3, -0.25) is 0 Å². The van der Waals surface area contributed by atoms with Gasteiger partial charge >= 0.3 is 5.97 Å². The van der Waals surface area contributed by atoms with Crippen LogP contribution in [0.25, 0.3) is 0 Å². The molecule has 0 atom stereocenters. The smallest absolute Gasteiger partial charge is 0.335 e. The van der Waals surface area contributed by atoms with Gasteiger partial charge in [0.05, 0.1) is 25.5 Å². The van der Waals surface area contributed by atoms with Gasteiger partial charge in [0, 0.05) is 12.6 Å². The quantitative estimate of drug-likeness (QED) is 0.854. The van der Waals surface area contributed by atoms with E-state index < -0.39 is 5.97 Å². The number of anilines is 1. The zero-order valence-electron chi connectivity index (χ0n) is 11.9. The summed E-state index contributed by atoms with van der Waals surface area (Å²) in [5.41, 5.74) is 1.97. The van der Waals surface area contributed by atoms with Crippen LogP contribution in [0.5, 0.6) is 11.5 Å². The van der Waals surface area contributed by atoms with Crippen LogP contribution in [0.2, 0.25) is 0 Å². The minimum absolute atomic E-state index is 0.274. The van der Waals surface area contributed by atoms with E-state index in [1.54, 1.807) is 38.5 Å². The minimum atomic E-state index is -0.932. The normalized spacial score (nSPS) is 10.0. The fourth-order valence-corrected chi connectivity index (χ4v) is 1.96. The van der Waals surface area contributed by atoms with Crippen LogP contribution in [0.15, 0.2) is 42.5 Å². The number of nitrogens with one attached hydrogen (secondary N) is 1. The Morgan fingerprint density at radius 1 is 1.14 bits per heavy atom. The number of carbonyl (C=O) groups is 1. The van der Waals surface area contributed by atoms with Gasteiger partial charge in [-0.25, -0.2) is 4.79 Å². The van der Waals surface area contributed by atoms with Crippen molar-refractivity contribution in [1.29, 1.82) is 0 Å². The molecule has 0 saturated carbocycles. The van der Waals surface area contributed by atoms with Crippen molar-refractivity contribution in [2.75, 3.05) is 19.5 Å². The molecule has 0 aliphatic heterocycles. The van der Waals surface area contributed by atoms with E-state index in [1.807, 2.05) is 18.2 Å². The maximum atomic E-state index is 10.9. The highest BCUT2D eigenvalue weighted by Gasteiger charge is 2.06. The lowest BCUT2D eigenvalue weighted by atomic mass is 10.1. The molecule has 0 unspecified atom stereocenters. The summed E-state index contributed by atoms with van der Waals surface area (Å²) in [7, 11) is 3.18. The maximum absolute atomic E-state index is 10.9. The number of hydrogen-bond acceptors (Lipinski definition) is 4. The molecule has 0 aliphatic rings. The van der Waals surface area contributed by atoms with E-state index in [-0.39, 0.29) is 5.56 Å². The molecule has 0 fully saturated rings. The molecule has 0 aliphatic carbocycles. The van der Waals surface area contributed by atoms with Crippen LogP contribution in [0.3, 0.4) is 0 Å². The van der Waals surface area contributed by atoms with Crippen molar-refractivity contribution in [3.63, 3.8) is 0 Å². The topological polar surface area (TPSA) is 67.8 Å². The van der Waals surface area contributed by atoms with Crippen LogP contribution in [-0.2, 0) is 6.54 Å². The lowest BCUT2D eigenvalue weighted by Crippen LogP contribution is -2.03. The maximum Gasteiger partial charge on any atom is 0.335 e. The predicted octanol–water partition coefficient (Wildman–Crippen LogP) is 3.01. The van der Waals surface area contributed by atoms with Gasteiger partial charge in [0.1, 0.15) is 11.5 Å². The van der Waals surface area contributed by atoms with Crippen molar-refractivity contribution < 1.29 is 19.4 Å². The predicted molar refractivity (Wildman–Crippen MR) is 80.3 cm³/mol. The van der Waals surface area contributed by atoms with Gasteiger partial charge < -0.3 is 19.9 Å². The number of aromatic carboxylic acids is 1. The standard InChI is InChI=1S/C16H17NO4/c1-20-13-6-7-14(15(9-13)21-2)17-10-11-4-3-5-12(8-11)16(18)19/h3-9,17H,10H2,1-2H3,(H,18,19). The third-order valence-electron chi connectivity index (χ3n) is 3.07. The van der Waals surface area contributed by atoms with Crippen LogP contribution in [0.1, 0.15) is 15.9 Å². The Balaban J connectivity index is 2.12. The first kappa shape index (κ1) is 14.7. The van der Waals surface area contributed by atoms with Crippen LogP contribution in [0.4, 0.5) is 5.69 Å².